The first-order valence-electron chi connectivity index (χ1n) is 12.4. The van der Waals surface area contributed by atoms with E-state index in [4.69, 9.17) is 4.74 Å². The molecule has 4 rings (SSSR count). The number of rotatable bonds is 12. The van der Waals surface area contributed by atoms with Crippen molar-refractivity contribution in [1.29, 1.82) is 0 Å². The predicted molar refractivity (Wildman–Crippen MR) is 135 cm³/mol. The van der Waals surface area contributed by atoms with E-state index in [0.717, 1.165) is 75.1 Å². The molecule has 0 fully saturated rings. The number of aromatic carboxylic acids is 1. The molecule has 0 spiro atoms. The minimum absolute atomic E-state index is 0.130. The molecule has 3 aromatic rings. The van der Waals surface area contributed by atoms with E-state index in [2.05, 4.69) is 58.8 Å². The summed E-state index contributed by atoms with van der Waals surface area (Å²) in [5.74, 6) is 0.00912. The van der Waals surface area contributed by atoms with Gasteiger partial charge in [0, 0.05) is 11.7 Å². The van der Waals surface area contributed by atoms with Gasteiger partial charge in [0.1, 0.15) is 11.4 Å². The van der Waals surface area contributed by atoms with E-state index in [1.807, 2.05) is 12.1 Å². The Morgan fingerprint density at radius 2 is 1.79 bits per heavy atom. The summed E-state index contributed by atoms with van der Waals surface area (Å²) in [5, 5.41) is 12.9. The summed E-state index contributed by atoms with van der Waals surface area (Å²) in [7, 11) is 0. The second-order valence-electron chi connectivity index (χ2n) is 8.94. The molecular formula is C29H34N2O3. The number of nitrogens with one attached hydrogen (secondary N) is 1. The van der Waals surface area contributed by atoms with Crippen molar-refractivity contribution < 1.29 is 14.6 Å². The Labute approximate surface area is 202 Å². The molecule has 0 bridgehead atoms. The Balaban J connectivity index is 1.22. The number of benzene rings is 2. The number of nitrogens with zero attached hydrogens (tertiary/aromatic N) is 1. The van der Waals surface area contributed by atoms with E-state index < -0.39 is 5.97 Å². The first kappa shape index (κ1) is 24.0. The van der Waals surface area contributed by atoms with Gasteiger partial charge in [0.15, 0.2) is 0 Å². The van der Waals surface area contributed by atoms with Crippen molar-refractivity contribution in [3.63, 3.8) is 0 Å². The third-order valence-corrected chi connectivity index (χ3v) is 6.48. The molecule has 0 saturated heterocycles. The van der Waals surface area contributed by atoms with Gasteiger partial charge in [-0.05, 0) is 86.7 Å². The van der Waals surface area contributed by atoms with Gasteiger partial charge >= 0.3 is 5.97 Å². The number of carboxylic acids is 1. The van der Waals surface area contributed by atoms with Crippen LogP contribution in [0.25, 0.3) is 0 Å². The summed E-state index contributed by atoms with van der Waals surface area (Å²) in [5.41, 5.74) is 4.80. The zero-order valence-corrected chi connectivity index (χ0v) is 19.7. The van der Waals surface area contributed by atoms with Crippen LogP contribution in [0, 0.1) is 0 Å². The van der Waals surface area contributed by atoms with E-state index in [1.54, 1.807) is 6.07 Å². The number of carbonyl (C=O) groups is 1. The van der Waals surface area contributed by atoms with E-state index >= 15 is 0 Å². The topological polar surface area (TPSA) is 71.5 Å². The third-order valence-electron chi connectivity index (χ3n) is 6.48. The molecule has 1 aliphatic carbocycles. The molecule has 34 heavy (non-hydrogen) atoms. The minimum atomic E-state index is -0.967. The number of hydrogen-bond acceptors (Lipinski definition) is 4. The highest BCUT2D eigenvalue weighted by atomic mass is 16.5. The molecule has 1 unspecified atom stereocenters. The molecule has 5 nitrogen and oxygen atoms in total. The van der Waals surface area contributed by atoms with Crippen molar-refractivity contribution in [3.05, 3.63) is 94.8 Å². The second-order valence-corrected chi connectivity index (χ2v) is 8.94. The number of ether oxygens (including phenoxy) is 1. The minimum Gasteiger partial charge on any atom is -0.493 e. The molecule has 2 aromatic carbocycles. The van der Waals surface area contributed by atoms with Crippen LogP contribution >= 0.6 is 0 Å². The Kier molecular flexibility index (Phi) is 8.69. The lowest BCUT2D eigenvalue weighted by molar-refractivity contribution is 0.0690. The van der Waals surface area contributed by atoms with Crippen molar-refractivity contribution in [2.75, 3.05) is 13.2 Å². The fourth-order valence-corrected chi connectivity index (χ4v) is 4.66. The zero-order chi connectivity index (χ0) is 23.6. The van der Waals surface area contributed by atoms with Crippen LogP contribution in [0.4, 0.5) is 0 Å². The highest BCUT2D eigenvalue weighted by Gasteiger charge is 2.22. The van der Waals surface area contributed by atoms with Gasteiger partial charge in [0.25, 0.3) is 0 Å². The Morgan fingerprint density at radius 1 is 0.971 bits per heavy atom. The molecule has 1 aliphatic rings. The lowest BCUT2D eigenvalue weighted by Crippen LogP contribution is -2.28. The van der Waals surface area contributed by atoms with Gasteiger partial charge in [0.2, 0.25) is 0 Å². The Bertz CT molecular complexity index is 1070. The van der Waals surface area contributed by atoms with Crippen LogP contribution in [-0.4, -0.2) is 29.2 Å². The molecule has 5 heteroatoms. The SMILES string of the molecule is O=C(O)c1ccc2c(n1)CCCC2NCCc1ccccc1OCCCCCc1ccccc1. The van der Waals surface area contributed by atoms with Crippen molar-refractivity contribution in [2.24, 2.45) is 0 Å². The summed E-state index contributed by atoms with van der Waals surface area (Å²) in [6.07, 6.45) is 8.33. The lowest BCUT2D eigenvalue weighted by atomic mass is 9.91. The van der Waals surface area contributed by atoms with Crippen molar-refractivity contribution in [2.45, 2.75) is 57.4 Å². The van der Waals surface area contributed by atoms with Gasteiger partial charge in [-0.1, -0.05) is 54.6 Å². The number of aromatic nitrogens is 1. The molecule has 2 N–H and O–H groups in total. The van der Waals surface area contributed by atoms with Crippen LogP contribution in [0.2, 0.25) is 0 Å². The quantitative estimate of drug-likeness (QED) is 0.337. The number of para-hydroxylation sites is 1. The predicted octanol–water partition coefficient (Wildman–Crippen LogP) is 5.78. The third kappa shape index (κ3) is 6.67. The molecule has 1 aromatic heterocycles. The van der Waals surface area contributed by atoms with Gasteiger partial charge in [-0.2, -0.15) is 0 Å². The summed E-state index contributed by atoms with van der Waals surface area (Å²) in [6.45, 7) is 1.58. The molecule has 0 saturated carbocycles. The number of pyridine rings is 1. The Morgan fingerprint density at radius 3 is 2.65 bits per heavy atom. The average molecular weight is 459 g/mol. The molecule has 1 heterocycles. The highest BCUT2D eigenvalue weighted by molar-refractivity contribution is 5.85. The molecule has 0 aliphatic heterocycles. The maximum absolute atomic E-state index is 11.2. The fraction of sp³-hybridized carbons (Fsp3) is 0.379. The molecule has 178 valence electrons. The number of fused-ring (bicyclic) bond motifs is 1. The van der Waals surface area contributed by atoms with Crippen molar-refractivity contribution in [1.82, 2.24) is 10.3 Å². The monoisotopic (exact) mass is 458 g/mol. The maximum Gasteiger partial charge on any atom is 0.354 e. The number of hydrogen-bond donors (Lipinski definition) is 2. The van der Waals surface area contributed by atoms with Gasteiger partial charge in [-0.3, -0.25) is 0 Å². The van der Waals surface area contributed by atoms with Crippen LogP contribution in [0.5, 0.6) is 5.75 Å². The van der Waals surface area contributed by atoms with Crippen molar-refractivity contribution >= 4 is 5.97 Å². The van der Waals surface area contributed by atoms with Gasteiger partial charge < -0.3 is 15.2 Å². The smallest absolute Gasteiger partial charge is 0.354 e. The molecule has 1 atom stereocenters. The van der Waals surface area contributed by atoms with Crippen molar-refractivity contribution in [3.8, 4) is 5.75 Å². The Hall–Kier alpha value is -3.18. The first-order chi connectivity index (χ1) is 16.7. The van der Waals surface area contributed by atoms with Gasteiger partial charge in [-0.15, -0.1) is 0 Å². The number of unbranched alkanes of at least 4 members (excludes halogenated alkanes) is 2. The van der Waals surface area contributed by atoms with Gasteiger partial charge in [-0.25, -0.2) is 9.78 Å². The highest BCUT2D eigenvalue weighted by Crippen LogP contribution is 2.29. The van der Waals surface area contributed by atoms with Crippen LogP contribution in [0.15, 0.2) is 66.7 Å². The number of aryl methyl sites for hydroxylation is 2. The fourth-order valence-electron chi connectivity index (χ4n) is 4.66. The molecule has 0 amide bonds. The largest absolute Gasteiger partial charge is 0.493 e. The molecule has 0 radical (unpaired) electrons. The van der Waals surface area contributed by atoms with E-state index in [9.17, 15) is 9.90 Å². The summed E-state index contributed by atoms with van der Waals surface area (Å²) in [4.78, 5) is 15.6. The lowest BCUT2D eigenvalue weighted by Gasteiger charge is -2.26. The van der Waals surface area contributed by atoms with Crippen LogP contribution in [-0.2, 0) is 19.3 Å². The standard InChI is InChI=1S/C29H34N2O3/c32-29(33)27-18-17-24-25(14-9-15-26(24)31-27)30-20-19-23-13-6-7-16-28(23)34-21-8-2-5-12-22-10-3-1-4-11-22/h1,3-4,6-7,10-11,13,16-18,25,30H,2,5,8-9,12,14-15,19-21H2,(H,32,33). The average Bonchev–Trinajstić information content (AvgIpc) is 2.87. The first-order valence-corrected chi connectivity index (χ1v) is 12.4. The number of carboxylic acid groups (broad SMARTS) is 1. The van der Waals surface area contributed by atoms with Crippen LogP contribution < -0.4 is 10.1 Å². The van der Waals surface area contributed by atoms with E-state index in [-0.39, 0.29) is 11.7 Å². The molecular weight excluding hydrogens is 424 g/mol. The van der Waals surface area contributed by atoms with Crippen LogP contribution in [0.3, 0.4) is 0 Å². The maximum atomic E-state index is 11.2. The summed E-state index contributed by atoms with van der Waals surface area (Å²) in [6, 6.07) is 22.7. The van der Waals surface area contributed by atoms with Gasteiger partial charge in [0.05, 0.1) is 6.61 Å². The van der Waals surface area contributed by atoms with Crippen LogP contribution in [0.1, 0.15) is 71.0 Å². The summed E-state index contributed by atoms with van der Waals surface area (Å²) >= 11 is 0. The normalized spacial score (nSPS) is 15.0. The van der Waals surface area contributed by atoms with E-state index in [1.165, 1.54) is 17.5 Å². The van der Waals surface area contributed by atoms with E-state index in [0.29, 0.717) is 0 Å². The zero-order valence-electron chi connectivity index (χ0n) is 19.7. The summed E-state index contributed by atoms with van der Waals surface area (Å²) < 4.78 is 6.13. The second kappa shape index (κ2) is 12.3.